The van der Waals surface area contributed by atoms with Gasteiger partial charge < -0.3 is 15.8 Å². The molecular formula is C11H20N2O2. The molecule has 86 valence electrons. The van der Waals surface area contributed by atoms with E-state index in [1.807, 2.05) is 0 Å². The van der Waals surface area contributed by atoms with Gasteiger partial charge in [0.25, 0.3) is 0 Å². The Kier molecular flexibility index (Phi) is 5.36. The Morgan fingerprint density at radius 2 is 2.40 bits per heavy atom. The van der Waals surface area contributed by atoms with Gasteiger partial charge in [-0.25, -0.2) is 0 Å². The second-order valence-corrected chi connectivity index (χ2v) is 3.94. The monoisotopic (exact) mass is 212 g/mol. The van der Waals surface area contributed by atoms with Crippen LogP contribution in [-0.4, -0.2) is 31.7 Å². The summed E-state index contributed by atoms with van der Waals surface area (Å²) in [5.41, 5.74) is 5.58. The molecule has 0 aromatic heterocycles. The van der Waals surface area contributed by atoms with Gasteiger partial charge in [0.2, 0.25) is 5.91 Å². The first kappa shape index (κ1) is 12.2. The van der Waals surface area contributed by atoms with E-state index < -0.39 is 6.04 Å². The highest BCUT2D eigenvalue weighted by atomic mass is 16.5. The summed E-state index contributed by atoms with van der Waals surface area (Å²) in [6.07, 6.45) is 4.73. The van der Waals surface area contributed by atoms with Crippen molar-refractivity contribution in [1.82, 2.24) is 5.32 Å². The van der Waals surface area contributed by atoms with Crippen molar-refractivity contribution in [3.63, 3.8) is 0 Å². The van der Waals surface area contributed by atoms with Crippen LogP contribution in [0.25, 0.3) is 0 Å². The smallest absolute Gasteiger partial charge is 0.237 e. The van der Waals surface area contributed by atoms with Crippen LogP contribution in [-0.2, 0) is 9.53 Å². The minimum atomic E-state index is -0.481. The first-order chi connectivity index (χ1) is 7.24. The van der Waals surface area contributed by atoms with Crippen LogP contribution < -0.4 is 11.1 Å². The number of ether oxygens (including phenoxy) is 1. The van der Waals surface area contributed by atoms with Gasteiger partial charge in [-0.3, -0.25) is 4.79 Å². The fourth-order valence-electron chi connectivity index (χ4n) is 1.20. The number of hydrogen-bond acceptors (Lipinski definition) is 3. The van der Waals surface area contributed by atoms with E-state index in [1.54, 1.807) is 6.08 Å². The van der Waals surface area contributed by atoms with Gasteiger partial charge >= 0.3 is 0 Å². The van der Waals surface area contributed by atoms with E-state index in [9.17, 15) is 4.79 Å². The lowest BCUT2D eigenvalue weighted by molar-refractivity contribution is -0.122. The van der Waals surface area contributed by atoms with E-state index in [0.717, 1.165) is 12.5 Å². The van der Waals surface area contributed by atoms with Crippen molar-refractivity contribution in [2.24, 2.45) is 11.7 Å². The molecular weight excluding hydrogens is 192 g/mol. The number of nitrogens with one attached hydrogen (secondary N) is 1. The van der Waals surface area contributed by atoms with Gasteiger partial charge in [0.1, 0.15) is 0 Å². The van der Waals surface area contributed by atoms with Gasteiger partial charge in [0, 0.05) is 13.2 Å². The lowest BCUT2D eigenvalue weighted by Crippen LogP contribution is -2.41. The van der Waals surface area contributed by atoms with Crippen LogP contribution in [0.3, 0.4) is 0 Å². The third-order valence-electron chi connectivity index (χ3n) is 2.35. The van der Waals surface area contributed by atoms with Crippen LogP contribution in [0.4, 0.5) is 0 Å². The molecule has 4 nitrogen and oxygen atoms in total. The summed E-state index contributed by atoms with van der Waals surface area (Å²) in [6.45, 7) is 5.47. The Hall–Kier alpha value is -0.870. The number of carbonyl (C=O) groups excluding carboxylic acids is 1. The van der Waals surface area contributed by atoms with Gasteiger partial charge in [-0.1, -0.05) is 6.08 Å². The fraction of sp³-hybridized carbons (Fsp3) is 0.727. The minimum Gasteiger partial charge on any atom is -0.379 e. The molecule has 4 heteroatoms. The standard InChI is InChI=1S/C11H20N2O2/c1-2-3-10(12)11(14)13-6-7-15-8-9-4-5-9/h2,9-10H,1,3-8,12H2,(H,13,14). The number of hydrogen-bond donors (Lipinski definition) is 2. The molecule has 0 spiro atoms. The Labute approximate surface area is 90.9 Å². The molecule has 1 unspecified atom stereocenters. The Morgan fingerprint density at radius 1 is 1.67 bits per heavy atom. The molecule has 0 saturated heterocycles. The second-order valence-electron chi connectivity index (χ2n) is 3.94. The molecule has 1 saturated carbocycles. The Balaban J connectivity index is 1.92. The summed E-state index contributed by atoms with van der Waals surface area (Å²) in [4.78, 5) is 11.3. The van der Waals surface area contributed by atoms with Crippen molar-refractivity contribution < 1.29 is 9.53 Å². The van der Waals surface area contributed by atoms with E-state index in [4.69, 9.17) is 10.5 Å². The van der Waals surface area contributed by atoms with Crippen LogP contribution in [0.2, 0.25) is 0 Å². The molecule has 0 bridgehead atoms. The van der Waals surface area contributed by atoms with Crippen molar-refractivity contribution in [3.8, 4) is 0 Å². The van der Waals surface area contributed by atoms with Crippen molar-refractivity contribution in [1.29, 1.82) is 0 Å². The first-order valence-electron chi connectivity index (χ1n) is 5.46. The Bertz CT molecular complexity index is 215. The average molecular weight is 212 g/mol. The molecule has 1 aliphatic rings. The van der Waals surface area contributed by atoms with E-state index in [-0.39, 0.29) is 5.91 Å². The van der Waals surface area contributed by atoms with Gasteiger partial charge in [-0.2, -0.15) is 0 Å². The van der Waals surface area contributed by atoms with Crippen molar-refractivity contribution in [2.45, 2.75) is 25.3 Å². The number of carbonyl (C=O) groups is 1. The summed E-state index contributed by atoms with van der Waals surface area (Å²) < 4.78 is 5.37. The Morgan fingerprint density at radius 3 is 3.00 bits per heavy atom. The topological polar surface area (TPSA) is 64.4 Å². The summed E-state index contributed by atoms with van der Waals surface area (Å²) in [7, 11) is 0. The van der Waals surface area contributed by atoms with Crippen LogP contribution in [0.1, 0.15) is 19.3 Å². The summed E-state index contributed by atoms with van der Waals surface area (Å²) in [5.74, 6) is 0.633. The highest BCUT2D eigenvalue weighted by Crippen LogP contribution is 2.28. The van der Waals surface area contributed by atoms with Gasteiger partial charge in [0.15, 0.2) is 0 Å². The molecule has 1 fully saturated rings. The van der Waals surface area contributed by atoms with Gasteiger partial charge in [-0.05, 0) is 25.2 Å². The zero-order chi connectivity index (χ0) is 11.1. The molecule has 1 aliphatic carbocycles. The second kappa shape index (κ2) is 6.58. The summed E-state index contributed by atoms with van der Waals surface area (Å²) in [5, 5.41) is 2.72. The van der Waals surface area contributed by atoms with Crippen LogP contribution in [0.15, 0.2) is 12.7 Å². The maximum atomic E-state index is 11.3. The summed E-state index contributed by atoms with van der Waals surface area (Å²) in [6, 6.07) is -0.481. The van der Waals surface area contributed by atoms with E-state index >= 15 is 0 Å². The number of rotatable bonds is 8. The van der Waals surface area contributed by atoms with Crippen LogP contribution >= 0.6 is 0 Å². The molecule has 1 amide bonds. The fourth-order valence-corrected chi connectivity index (χ4v) is 1.20. The predicted octanol–water partition coefficient (Wildman–Crippen LogP) is 0.433. The molecule has 1 rings (SSSR count). The van der Waals surface area contributed by atoms with Crippen molar-refractivity contribution >= 4 is 5.91 Å². The van der Waals surface area contributed by atoms with E-state index in [1.165, 1.54) is 12.8 Å². The quantitative estimate of drug-likeness (QED) is 0.453. The molecule has 15 heavy (non-hydrogen) atoms. The molecule has 0 aromatic rings. The van der Waals surface area contributed by atoms with Crippen LogP contribution in [0, 0.1) is 5.92 Å². The lowest BCUT2D eigenvalue weighted by Gasteiger charge is -2.10. The highest BCUT2D eigenvalue weighted by molar-refractivity contribution is 5.81. The lowest BCUT2D eigenvalue weighted by atomic mass is 10.2. The molecule has 1 atom stereocenters. The summed E-state index contributed by atoms with van der Waals surface area (Å²) >= 11 is 0. The van der Waals surface area contributed by atoms with Gasteiger partial charge in [0.05, 0.1) is 12.6 Å². The minimum absolute atomic E-state index is 0.134. The normalized spacial score (nSPS) is 17.1. The van der Waals surface area contributed by atoms with E-state index in [0.29, 0.717) is 19.6 Å². The molecule has 3 N–H and O–H groups in total. The average Bonchev–Trinajstić information content (AvgIpc) is 3.01. The zero-order valence-electron chi connectivity index (χ0n) is 9.08. The SMILES string of the molecule is C=CCC(N)C(=O)NCCOCC1CC1. The predicted molar refractivity (Wildman–Crippen MR) is 59.3 cm³/mol. The van der Waals surface area contributed by atoms with E-state index in [2.05, 4.69) is 11.9 Å². The van der Waals surface area contributed by atoms with Crippen molar-refractivity contribution in [3.05, 3.63) is 12.7 Å². The molecule has 0 heterocycles. The molecule has 0 radical (unpaired) electrons. The van der Waals surface area contributed by atoms with Crippen molar-refractivity contribution in [2.75, 3.05) is 19.8 Å². The largest absolute Gasteiger partial charge is 0.379 e. The molecule has 0 aromatic carbocycles. The molecule has 0 aliphatic heterocycles. The maximum absolute atomic E-state index is 11.3. The number of amides is 1. The maximum Gasteiger partial charge on any atom is 0.237 e. The zero-order valence-corrected chi connectivity index (χ0v) is 9.08. The van der Waals surface area contributed by atoms with Crippen LogP contribution in [0.5, 0.6) is 0 Å². The first-order valence-corrected chi connectivity index (χ1v) is 5.46. The third-order valence-corrected chi connectivity index (χ3v) is 2.35. The highest BCUT2D eigenvalue weighted by Gasteiger charge is 2.20. The van der Waals surface area contributed by atoms with Gasteiger partial charge in [-0.15, -0.1) is 6.58 Å². The third kappa shape index (κ3) is 5.54. The number of nitrogens with two attached hydrogens (primary N) is 1.